The van der Waals surface area contributed by atoms with Crippen LogP contribution in [0.4, 0.5) is 4.39 Å². The molecule has 0 amide bonds. The Hall–Kier alpha value is -3.85. The first-order chi connectivity index (χ1) is 13.9. The van der Waals surface area contributed by atoms with Crippen molar-refractivity contribution < 1.29 is 13.9 Å². The summed E-state index contributed by atoms with van der Waals surface area (Å²) in [6.07, 6.45) is 3.18. The molecule has 5 nitrogen and oxygen atoms in total. The number of nitrogens with one attached hydrogen (secondary N) is 1. The van der Waals surface area contributed by atoms with Gasteiger partial charge in [0.1, 0.15) is 17.6 Å². The molecule has 2 aromatic carbocycles. The molecule has 1 aliphatic carbocycles. The van der Waals surface area contributed by atoms with Gasteiger partial charge < -0.3 is 9.52 Å². The maximum atomic E-state index is 15.0. The van der Waals surface area contributed by atoms with E-state index in [0.29, 0.717) is 28.0 Å². The lowest BCUT2D eigenvalue weighted by atomic mass is 9.77. The number of furan rings is 1. The van der Waals surface area contributed by atoms with Gasteiger partial charge in [0.15, 0.2) is 5.76 Å². The van der Waals surface area contributed by atoms with Gasteiger partial charge in [-0.2, -0.15) is 10.4 Å². The number of hydrogen-bond acceptors (Lipinski definition) is 4. The molecule has 0 saturated heterocycles. The monoisotopic (exact) mass is 385 g/mol. The number of phenols is 1. The summed E-state index contributed by atoms with van der Waals surface area (Å²) in [7, 11) is 0. The minimum absolute atomic E-state index is 0.175. The van der Waals surface area contributed by atoms with Crippen molar-refractivity contribution in [3.05, 3.63) is 82.7 Å². The lowest BCUT2D eigenvalue weighted by molar-refractivity contribution is 0.465. The number of benzene rings is 2. The van der Waals surface area contributed by atoms with E-state index in [-0.39, 0.29) is 5.75 Å². The van der Waals surface area contributed by atoms with E-state index >= 15 is 4.39 Å². The van der Waals surface area contributed by atoms with Crippen LogP contribution in [0.15, 0.2) is 53.3 Å². The number of rotatable bonds is 2. The number of phenolic OH excluding ortho intramolecular Hbond substituents is 1. The van der Waals surface area contributed by atoms with E-state index in [9.17, 15) is 10.4 Å². The summed E-state index contributed by atoms with van der Waals surface area (Å²) in [4.78, 5) is 0. The third-order valence-corrected chi connectivity index (χ3v) is 5.59. The van der Waals surface area contributed by atoms with Crippen LogP contribution < -0.4 is 0 Å². The van der Waals surface area contributed by atoms with Crippen LogP contribution in [-0.2, 0) is 5.41 Å². The molecule has 4 aromatic rings. The molecule has 0 radical (unpaired) electrons. The molecule has 0 atom stereocenters. The summed E-state index contributed by atoms with van der Waals surface area (Å²) in [5.74, 6) is -0.301. The molecular formula is C23H16FN3O2. The van der Waals surface area contributed by atoms with Crippen molar-refractivity contribution in [3.8, 4) is 11.8 Å². The first-order valence-corrected chi connectivity index (χ1v) is 9.11. The van der Waals surface area contributed by atoms with Gasteiger partial charge >= 0.3 is 0 Å². The second-order valence-electron chi connectivity index (χ2n) is 7.67. The summed E-state index contributed by atoms with van der Waals surface area (Å²) >= 11 is 0. The summed E-state index contributed by atoms with van der Waals surface area (Å²) in [6.45, 7) is 3.87. The van der Waals surface area contributed by atoms with Crippen molar-refractivity contribution in [2.24, 2.45) is 0 Å². The van der Waals surface area contributed by atoms with Crippen molar-refractivity contribution >= 4 is 22.0 Å². The zero-order valence-corrected chi connectivity index (χ0v) is 15.7. The van der Waals surface area contributed by atoms with E-state index < -0.39 is 11.2 Å². The number of aromatic amines is 1. The van der Waals surface area contributed by atoms with Crippen LogP contribution in [0, 0.1) is 17.1 Å². The third kappa shape index (κ3) is 2.34. The van der Waals surface area contributed by atoms with Crippen LogP contribution in [0.25, 0.3) is 22.0 Å². The Balaban J connectivity index is 1.91. The molecule has 5 rings (SSSR count). The lowest BCUT2D eigenvalue weighted by Gasteiger charge is -2.25. The van der Waals surface area contributed by atoms with Gasteiger partial charge in [-0.1, -0.05) is 19.9 Å². The average molecular weight is 385 g/mol. The third-order valence-electron chi connectivity index (χ3n) is 5.59. The van der Waals surface area contributed by atoms with Crippen LogP contribution in [0.5, 0.6) is 5.75 Å². The number of allylic oxidation sites excluding steroid dienone is 1. The van der Waals surface area contributed by atoms with Crippen LogP contribution >= 0.6 is 0 Å². The molecule has 6 heteroatoms. The van der Waals surface area contributed by atoms with Gasteiger partial charge in [0.05, 0.1) is 23.5 Å². The highest BCUT2D eigenvalue weighted by Gasteiger charge is 2.43. The normalized spacial score (nSPS) is 15.0. The summed E-state index contributed by atoms with van der Waals surface area (Å²) in [5, 5.41) is 27.6. The number of aromatic nitrogens is 2. The molecule has 0 spiro atoms. The van der Waals surface area contributed by atoms with Crippen LogP contribution in [0.1, 0.15) is 41.9 Å². The van der Waals surface area contributed by atoms with Gasteiger partial charge in [-0.3, -0.25) is 5.10 Å². The Kier molecular flexibility index (Phi) is 3.47. The van der Waals surface area contributed by atoms with Crippen molar-refractivity contribution in [1.82, 2.24) is 10.2 Å². The molecule has 0 unspecified atom stereocenters. The smallest absolute Gasteiger partial charge is 0.152 e. The molecule has 0 bridgehead atoms. The second kappa shape index (κ2) is 5.82. The zero-order valence-electron chi connectivity index (χ0n) is 15.7. The molecule has 2 heterocycles. The fourth-order valence-electron chi connectivity index (χ4n) is 4.43. The molecular weight excluding hydrogens is 369 g/mol. The molecule has 2 aromatic heterocycles. The first-order valence-electron chi connectivity index (χ1n) is 9.11. The number of fused-ring (bicyclic) bond motifs is 2. The maximum absolute atomic E-state index is 15.0. The quantitative estimate of drug-likeness (QED) is 0.501. The SMILES string of the molecule is CC1(C)C(c2ccc3[nH]ncc3c2)=C(c2occc2C#N)c2cc(O)cc(F)c21. The predicted molar refractivity (Wildman–Crippen MR) is 107 cm³/mol. The van der Waals surface area contributed by atoms with E-state index in [1.807, 2.05) is 32.0 Å². The van der Waals surface area contributed by atoms with Crippen LogP contribution in [0.3, 0.4) is 0 Å². The van der Waals surface area contributed by atoms with E-state index in [4.69, 9.17) is 4.42 Å². The first kappa shape index (κ1) is 17.3. The molecule has 0 saturated carbocycles. The van der Waals surface area contributed by atoms with Gasteiger partial charge in [-0.25, -0.2) is 4.39 Å². The summed E-state index contributed by atoms with van der Waals surface area (Å²) < 4.78 is 20.7. The van der Waals surface area contributed by atoms with Crippen molar-refractivity contribution in [2.45, 2.75) is 19.3 Å². The standard InChI is InChI=1S/C23H16FN3O2/c1-23(2)20(12-3-4-18-14(7-12)11-26-27-18)19(22-13(10-25)5-6-29-22)16-8-15(28)9-17(24)21(16)23/h3-9,11,28H,1-2H3,(H,26,27). The van der Waals surface area contributed by atoms with Crippen molar-refractivity contribution in [2.75, 3.05) is 0 Å². The Morgan fingerprint density at radius 1 is 1.21 bits per heavy atom. The minimum atomic E-state index is -0.723. The van der Waals surface area contributed by atoms with E-state index in [1.165, 1.54) is 12.3 Å². The van der Waals surface area contributed by atoms with Gasteiger partial charge in [0.2, 0.25) is 0 Å². The Morgan fingerprint density at radius 2 is 2.03 bits per heavy atom. The molecule has 0 fully saturated rings. The largest absolute Gasteiger partial charge is 0.508 e. The Labute approximate surface area is 165 Å². The topological polar surface area (TPSA) is 85.8 Å². The maximum Gasteiger partial charge on any atom is 0.152 e. The van der Waals surface area contributed by atoms with Crippen molar-refractivity contribution in [3.63, 3.8) is 0 Å². The second-order valence-corrected chi connectivity index (χ2v) is 7.67. The molecule has 2 N–H and O–H groups in total. The number of nitriles is 1. The van der Waals surface area contributed by atoms with Crippen LogP contribution in [-0.4, -0.2) is 15.3 Å². The Bertz CT molecular complexity index is 1370. The number of aromatic hydroxyl groups is 1. The highest BCUT2D eigenvalue weighted by Crippen LogP contribution is 2.55. The summed E-state index contributed by atoms with van der Waals surface area (Å²) in [6, 6.07) is 12.2. The average Bonchev–Trinajstić information content (AvgIpc) is 3.36. The van der Waals surface area contributed by atoms with Crippen LogP contribution in [0.2, 0.25) is 0 Å². The summed E-state index contributed by atoms with van der Waals surface area (Å²) in [5.41, 5.74) is 3.83. The fraction of sp³-hybridized carbons (Fsp3) is 0.130. The number of H-pyrrole nitrogens is 1. The highest BCUT2D eigenvalue weighted by atomic mass is 19.1. The fourth-order valence-corrected chi connectivity index (χ4v) is 4.43. The van der Waals surface area contributed by atoms with Crippen molar-refractivity contribution in [1.29, 1.82) is 5.26 Å². The van der Waals surface area contributed by atoms with E-state index in [0.717, 1.165) is 28.1 Å². The minimum Gasteiger partial charge on any atom is -0.508 e. The van der Waals surface area contributed by atoms with Gasteiger partial charge in [-0.15, -0.1) is 0 Å². The lowest BCUT2D eigenvalue weighted by Crippen LogP contribution is -2.18. The Morgan fingerprint density at radius 3 is 2.83 bits per heavy atom. The number of nitrogens with zero attached hydrogens (tertiary/aromatic N) is 2. The zero-order chi connectivity index (χ0) is 20.3. The molecule has 1 aliphatic rings. The van der Waals surface area contributed by atoms with E-state index in [1.54, 1.807) is 12.3 Å². The van der Waals surface area contributed by atoms with Gasteiger partial charge in [-0.05, 0) is 41.0 Å². The predicted octanol–water partition coefficient (Wildman–Crippen LogP) is 5.12. The highest BCUT2D eigenvalue weighted by molar-refractivity contribution is 6.08. The number of halogens is 1. The number of hydrogen-bond donors (Lipinski definition) is 2. The van der Waals surface area contributed by atoms with E-state index in [2.05, 4.69) is 16.3 Å². The van der Waals surface area contributed by atoms with Gasteiger partial charge in [0.25, 0.3) is 0 Å². The molecule has 0 aliphatic heterocycles. The van der Waals surface area contributed by atoms with Gasteiger partial charge in [0, 0.05) is 28.0 Å². The molecule has 142 valence electrons. The molecule has 29 heavy (non-hydrogen) atoms.